The number of rotatable bonds is 5. The van der Waals surface area contributed by atoms with Crippen LogP contribution in [-0.2, 0) is 16.6 Å². The van der Waals surface area contributed by atoms with Crippen LogP contribution in [-0.4, -0.2) is 31.2 Å². The fourth-order valence-corrected chi connectivity index (χ4v) is 5.00. The fourth-order valence-electron chi connectivity index (χ4n) is 3.71. The number of aliphatic carboxylic acids is 1. The number of hydrogen-bond acceptors (Lipinski definition) is 5. The summed E-state index contributed by atoms with van der Waals surface area (Å²) in [4.78, 5) is 21.6. The molecule has 1 N–H and O–H groups in total. The molecule has 1 unspecified atom stereocenters. The van der Waals surface area contributed by atoms with Gasteiger partial charge in [0.2, 0.25) is 0 Å². The Kier molecular flexibility index (Phi) is 5.83. The third kappa shape index (κ3) is 4.28. The van der Waals surface area contributed by atoms with E-state index in [2.05, 4.69) is 4.98 Å². The minimum Gasteiger partial charge on any atom is -0.479 e. The Balaban J connectivity index is 2.05. The molecule has 2 heterocycles. The summed E-state index contributed by atoms with van der Waals surface area (Å²) in [6.45, 7) is 7.45. The molecule has 8 heteroatoms. The van der Waals surface area contributed by atoms with Crippen LogP contribution >= 0.6 is 22.9 Å². The Bertz CT molecular complexity index is 1300. The van der Waals surface area contributed by atoms with E-state index in [0.29, 0.717) is 10.6 Å². The summed E-state index contributed by atoms with van der Waals surface area (Å²) < 4.78 is 8.84. The van der Waals surface area contributed by atoms with Crippen molar-refractivity contribution >= 4 is 39.1 Å². The van der Waals surface area contributed by atoms with Crippen molar-refractivity contribution in [2.24, 2.45) is 7.05 Å². The highest BCUT2D eigenvalue weighted by Gasteiger charge is 2.32. The number of carboxylic acids is 1. The van der Waals surface area contributed by atoms with Crippen molar-refractivity contribution in [2.75, 3.05) is 0 Å². The third-order valence-electron chi connectivity index (χ3n) is 5.03. The van der Waals surface area contributed by atoms with Crippen molar-refractivity contribution in [1.82, 2.24) is 14.5 Å². The lowest BCUT2D eigenvalue weighted by atomic mass is 9.91. The Labute approximate surface area is 195 Å². The van der Waals surface area contributed by atoms with Gasteiger partial charge in [-0.1, -0.05) is 23.7 Å². The third-order valence-corrected chi connectivity index (χ3v) is 6.37. The number of ether oxygens (including phenoxy) is 1. The van der Waals surface area contributed by atoms with Crippen molar-refractivity contribution in [3.8, 4) is 22.0 Å². The number of thiazole rings is 1. The van der Waals surface area contributed by atoms with Gasteiger partial charge >= 0.3 is 5.97 Å². The van der Waals surface area contributed by atoms with Crippen LogP contribution in [0.15, 0.2) is 42.7 Å². The predicted octanol–water partition coefficient (Wildman–Crippen LogP) is 6.27. The molecule has 1 atom stereocenters. The predicted molar refractivity (Wildman–Crippen MR) is 128 cm³/mol. The lowest BCUT2D eigenvalue weighted by Crippen LogP contribution is -2.28. The molecule has 0 amide bonds. The molecular formula is C24H24ClN3O3S. The minimum absolute atomic E-state index is 0.609. The topological polar surface area (TPSA) is 77.2 Å². The van der Waals surface area contributed by atoms with Gasteiger partial charge in [-0.2, -0.15) is 0 Å². The Morgan fingerprint density at radius 2 is 1.94 bits per heavy atom. The monoisotopic (exact) mass is 469 g/mol. The first-order valence-electron chi connectivity index (χ1n) is 10.1. The second-order valence-corrected chi connectivity index (χ2v) is 10.1. The molecule has 0 spiro atoms. The van der Waals surface area contributed by atoms with Gasteiger partial charge in [0.05, 0.1) is 15.8 Å². The van der Waals surface area contributed by atoms with Crippen molar-refractivity contribution in [1.29, 1.82) is 0 Å². The van der Waals surface area contributed by atoms with Crippen LogP contribution in [0.4, 0.5) is 0 Å². The summed E-state index contributed by atoms with van der Waals surface area (Å²) in [6, 6.07) is 9.33. The van der Waals surface area contributed by atoms with E-state index in [0.717, 1.165) is 37.7 Å². The lowest BCUT2D eigenvalue weighted by molar-refractivity contribution is -0.160. The molecular weight excluding hydrogens is 446 g/mol. The van der Waals surface area contributed by atoms with Crippen molar-refractivity contribution in [2.45, 2.75) is 39.4 Å². The van der Waals surface area contributed by atoms with Crippen LogP contribution in [0.5, 0.6) is 0 Å². The Morgan fingerprint density at radius 1 is 1.25 bits per heavy atom. The van der Waals surface area contributed by atoms with Gasteiger partial charge in [0.15, 0.2) is 16.9 Å². The smallest absolute Gasteiger partial charge is 0.337 e. The molecule has 0 saturated heterocycles. The molecule has 32 heavy (non-hydrogen) atoms. The number of halogens is 1. The standard InChI is InChI=1S/C24H24ClN3O3S/c1-13-12-16-20(32-22(27-16)21-26-10-11-28(21)5)18(14-6-8-15(25)9-7-14)17(13)19(23(29)30)31-24(2,3)4/h6-12,19H,1-5H3,(H,29,30). The molecule has 0 bridgehead atoms. The quantitative estimate of drug-likeness (QED) is 0.373. The molecule has 0 aliphatic heterocycles. The van der Waals surface area contributed by atoms with E-state index in [-0.39, 0.29) is 0 Å². The van der Waals surface area contributed by atoms with Crippen LogP contribution < -0.4 is 0 Å². The molecule has 0 saturated carbocycles. The second kappa shape index (κ2) is 8.31. The average molecular weight is 470 g/mol. The molecule has 0 aliphatic rings. The number of carboxylic acid groups (broad SMARTS) is 1. The van der Waals surface area contributed by atoms with E-state index in [9.17, 15) is 9.90 Å². The van der Waals surface area contributed by atoms with E-state index in [1.807, 2.05) is 63.7 Å². The van der Waals surface area contributed by atoms with Gasteiger partial charge in [-0.15, -0.1) is 11.3 Å². The summed E-state index contributed by atoms with van der Waals surface area (Å²) in [5, 5.41) is 11.5. The van der Waals surface area contributed by atoms with Crippen LogP contribution in [0.2, 0.25) is 5.02 Å². The maximum absolute atomic E-state index is 12.4. The van der Waals surface area contributed by atoms with Gasteiger partial charge in [-0.25, -0.2) is 14.8 Å². The van der Waals surface area contributed by atoms with E-state index < -0.39 is 17.7 Å². The van der Waals surface area contributed by atoms with Gasteiger partial charge in [0.25, 0.3) is 0 Å². The molecule has 166 valence electrons. The van der Waals surface area contributed by atoms with Crippen LogP contribution in [0.25, 0.3) is 32.2 Å². The summed E-state index contributed by atoms with van der Waals surface area (Å²) in [6.07, 6.45) is 2.47. The number of nitrogens with zero attached hydrogens (tertiary/aromatic N) is 3. The van der Waals surface area contributed by atoms with Gasteiger partial charge < -0.3 is 14.4 Å². The molecule has 4 aromatic rings. The fraction of sp³-hybridized carbons (Fsp3) is 0.292. The maximum atomic E-state index is 12.4. The molecule has 0 aliphatic carbocycles. The highest BCUT2D eigenvalue weighted by Crippen LogP contribution is 2.44. The summed E-state index contributed by atoms with van der Waals surface area (Å²) >= 11 is 7.63. The molecule has 6 nitrogen and oxygen atoms in total. The summed E-state index contributed by atoms with van der Waals surface area (Å²) in [5.41, 5.74) is 3.23. The van der Waals surface area contributed by atoms with E-state index in [1.165, 1.54) is 11.3 Å². The number of benzene rings is 2. The largest absolute Gasteiger partial charge is 0.479 e. The lowest BCUT2D eigenvalue weighted by Gasteiger charge is -2.28. The number of carbonyl (C=O) groups is 1. The second-order valence-electron chi connectivity index (χ2n) is 8.67. The first kappa shape index (κ1) is 22.5. The average Bonchev–Trinajstić information content (AvgIpc) is 3.30. The Hall–Kier alpha value is -2.74. The molecule has 0 radical (unpaired) electrons. The molecule has 0 fully saturated rings. The maximum Gasteiger partial charge on any atom is 0.337 e. The first-order chi connectivity index (χ1) is 15.0. The number of aromatic nitrogens is 3. The zero-order valence-electron chi connectivity index (χ0n) is 18.5. The van der Waals surface area contributed by atoms with Crippen LogP contribution in [0.1, 0.15) is 38.0 Å². The van der Waals surface area contributed by atoms with Crippen molar-refractivity contribution in [3.05, 3.63) is 58.9 Å². The number of hydrogen-bond donors (Lipinski definition) is 1. The highest BCUT2D eigenvalue weighted by molar-refractivity contribution is 7.22. The minimum atomic E-state index is -1.14. The van der Waals surface area contributed by atoms with E-state index >= 15 is 0 Å². The van der Waals surface area contributed by atoms with Crippen LogP contribution in [0.3, 0.4) is 0 Å². The highest BCUT2D eigenvalue weighted by atomic mass is 35.5. The van der Waals surface area contributed by atoms with Crippen LogP contribution in [0, 0.1) is 6.92 Å². The SMILES string of the molecule is Cc1cc2nc(-c3nccn3C)sc2c(-c2ccc(Cl)cc2)c1C(OC(C)(C)C)C(=O)O. The van der Waals surface area contributed by atoms with Gasteiger partial charge in [0, 0.05) is 35.6 Å². The van der Waals surface area contributed by atoms with Crippen molar-refractivity contribution < 1.29 is 14.6 Å². The first-order valence-corrected chi connectivity index (χ1v) is 11.3. The van der Waals surface area contributed by atoms with Crippen molar-refractivity contribution in [3.63, 3.8) is 0 Å². The summed E-state index contributed by atoms with van der Waals surface area (Å²) in [5.74, 6) is -0.278. The van der Waals surface area contributed by atoms with E-state index in [1.54, 1.807) is 18.3 Å². The molecule has 4 rings (SSSR count). The van der Waals surface area contributed by atoms with Gasteiger partial charge in [-0.05, 0) is 57.0 Å². The van der Waals surface area contributed by atoms with E-state index in [4.69, 9.17) is 21.3 Å². The van der Waals surface area contributed by atoms with Gasteiger partial charge in [-0.3, -0.25) is 0 Å². The zero-order chi connectivity index (χ0) is 23.2. The number of fused-ring (bicyclic) bond motifs is 1. The van der Waals surface area contributed by atoms with Gasteiger partial charge in [0.1, 0.15) is 0 Å². The summed E-state index contributed by atoms with van der Waals surface area (Å²) in [7, 11) is 1.92. The Morgan fingerprint density at radius 3 is 2.50 bits per heavy atom. The zero-order valence-corrected chi connectivity index (χ0v) is 20.1. The molecule has 2 aromatic heterocycles. The molecule has 2 aromatic carbocycles. The normalized spacial score (nSPS) is 12.9. The number of aryl methyl sites for hydroxylation is 2. The number of imidazole rings is 1.